The van der Waals surface area contributed by atoms with E-state index < -0.39 is 0 Å². The van der Waals surface area contributed by atoms with Gasteiger partial charge in [-0.25, -0.2) is 4.98 Å². The number of aryl methyl sites for hydroxylation is 2. The van der Waals surface area contributed by atoms with E-state index in [4.69, 9.17) is 4.74 Å². The molecule has 6 nitrogen and oxygen atoms in total. The number of carbonyl (C=O) groups excluding carboxylic acids is 1. The third kappa shape index (κ3) is 2.43. The minimum absolute atomic E-state index is 0.186. The van der Waals surface area contributed by atoms with E-state index in [0.717, 1.165) is 21.7 Å². The fourth-order valence-corrected chi connectivity index (χ4v) is 3.24. The van der Waals surface area contributed by atoms with E-state index in [0.29, 0.717) is 16.4 Å². The third-order valence-electron chi connectivity index (χ3n) is 3.55. The first kappa shape index (κ1) is 14.5. The van der Waals surface area contributed by atoms with Crippen LogP contribution in [0.2, 0.25) is 0 Å². The van der Waals surface area contributed by atoms with Gasteiger partial charge in [0.25, 0.3) is 5.91 Å². The summed E-state index contributed by atoms with van der Waals surface area (Å²) >= 11 is 1.42. The zero-order valence-corrected chi connectivity index (χ0v) is 13.6. The minimum atomic E-state index is -0.186. The maximum atomic E-state index is 12.4. The lowest BCUT2D eigenvalue weighted by Crippen LogP contribution is -2.13. The molecule has 2 aromatic heterocycles. The molecule has 0 spiro atoms. The summed E-state index contributed by atoms with van der Waals surface area (Å²) in [5, 5.41) is 7.68. The molecule has 2 heterocycles. The highest BCUT2D eigenvalue weighted by Crippen LogP contribution is 2.29. The van der Waals surface area contributed by atoms with Crippen molar-refractivity contribution in [1.29, 1.82) is 0 Å². The normalized spacial score (nSPS) is 10.9. The van der Waals surface area contributed by atoms with Crippen molar-refractivity contribution in [2.24, 2.45) is 7.05 Å². The molecule has 22 heavy (non-hydrogen) atoms. The highest BCUT2D eigenvalue weighted by atomic mass is 32.1. The molecule has 0 saturated heterocycles. The SMILES string of the molecule is COc1ccc2nc(NC(=O)c3c(C)nn(C)c3C)sc2c1. The predicted molar refractivity (Wildman–Crippen MR) is 86.8 cm³/mol. The van der Waals surface area contributed by atoms with Crippen LogP contribution in [0.15, 0.2) is 18.2 Å². The number of thiazole rings is 1. The molecule has 7 heteroatoms. The van der Waals surface area contributed by atoms with Crippen LogP contribution < -0.4 is 10.1 Å². The summed E-state index contributed by atoms with van der Waals surface area (Å²) < 4.78 is 7.87. The van der Waals surface area contributed by atoms with E-state index in [2.05, 4.69) is 15.4 Å². The molecule has 1 amide bonds. The summed E-state index contributed by atoms with van der Waals surface area (Å²) in [5.41, 5.74) is 2.97. The number of benzene rings is 1. The summed E-state index contributed by atoms with van der Waals surface area (Å²) in [7, 11) is 3.45. The van der Waals surface area contributed by atoms with Crippen molar-refractivity contribution >= 4 is 32.6 Å². The second-order valence-corrected chi connectivity index (χ2v) is 6.01. The lowest BCUT2D eigenvalue weighted by Gasteiger charge is -2.01. The van der Waals surface area contributed by atoms with Crippen molar-refractivity contribution in [1.82, 2.24) is 14.8 Å². The molecule has 0 aliphatic carbocycles. The molecule has 0 fully saturated rings. The number of hydrogen-bond acceptors (Lipinski definition) is 5. The molecule has 0 atom stereocenters. The zero-order valence-electron chi connectivity index (χ0n) is 12.8. The standard InChI is InChI=1S/C15H16N4O2S/c1-8-13(9(2)19(3)18-8)14(20)17-15-16-11-6-5-10(21-4)7-12(11)22-15/h5-7H,1-4H3,(H,16,17,20). The fraction of sp³-hybridized carbons (Fsp3) is 0.267. The molecule has 3 aromatic rings. The molecular weight excluding hydrogens is 300 g/mol. The monoisotopic (exact) mass is 316 g/mol. The Kier molecular flexibility index (Phi) is 3.58. The number of fused-ring (bicyclic) bond motifs is 1. The van der Waals surface area contributed by atoms with E-state index >= 15 is 0 Å². The number of methoxy groups -OCH3 is 1. The van der Waals surface area contributed by atoms with E-state index in [1.807, 2.05) is 39.1 Å². The Balaban J connectivity index is 1.91. The average Bonchev–Trinajstić information content (AvgIpc) is 2.98. The van der Waals surface area contributed by atoms with Crippen molar-refractivity contribution in [3.05, 3.63) is 35.2 Å². The lowest BCUT2D eigenvalue weighted by atomic mass is 10.2. The number of ether oxygens (including phenoxy) is 1. The Hall–Kier alpha value is -2.41. The first-order valence-corrected chi connectivity index (χ1v) is 7.57. The largest absolute Gasteiger partial charge is 0.497 e. The van der Waals surface area contributed by atoms with Crippen molar-refractivity contribution < 1.29 is 9.53 Å². The van der Waals surface area contributed by atoms with Gasteiger partial charge in [0.1, 0.15) is 5.75 Å². The molecule has 0 aliphatic rings. The van der Waals surface area contributed by atoms with Gasteiger partial charge in [0.2, 0.25) is 0 Å². The molecule has 0 unspecified atom stereocenters. The van der Waals surface area contributed by atoms with Crippen LogP contribution in [-0.4, -0.2) is 27.8 Å². The van der Waals surface area contributed by atoms with Gasteiger partial charge in [-0.3, -0.25) is 14.8 Å². The summed E-state index contributed by atoms with van der Waals surface area (Å²) in [6, 6.07) is 5.63. The second-order valence-electron chi connectivity index (χ2n) is 4.98. The van der Waals surface area contributed by atoms with Crippen LogP contribution in [0, 0.1) is 13.8 Å². The number of anilines is 1. The average molecular weight is 316 g/mol. The van der Waals surface area contributed by atoms with Gasteiger partial charge in [0, 0.05) is 12.7 Å². The number of carbonyl (C=O) groups is 1. The first-order valence-electron chi connectivity index (χ1n) is 6.75. The molecule has 0 bridgehead atoms. The maximum absolute atomic E-state index is 12.4. The van der Waals surface area contributed by atoms with Crippen LogP contribution >= 0.6 is 11.3 Å². The Labute approximate surface area is 131 Å². The Morgan fingerprint density at radius 3 is 2.77 bits per heavy atom. The first-order chi connectivity index (χ1) is 10.5. The highest BCUT2D eigenvalue weighted by Gasteiger charge is 2.18. The van der Waals surface area contributed by atoms with Crippen LogP contribution in [0.5, 0.6) is 5.75 Å². The van der Waals surface area contributed by atoms with Crippen molar-refractivity contribution in [2.75, 3.05) is 12.4 Å². The second kappa shape index (κ2) is 5.42. The van der Waals surface area contributed by atoms with Crippen LogP contribution in [0.3, 0.4) is 0 Å². The third-order valence-corrected chi connectivity index (χ3v) is 4.49. The van der Waals surface area contributed by atoms with E-state index in [9.17, 15) is 4.79 Å². The van der Waals surface area contributed by atoms with Gasteiger partial charge in [-0.2, -0.15) is 5.10 Å². The molecule has 0 saturated carbocycles. The molecule has 1 aromatic carbocycles. The fourth-order valence-electron chi connectivity index (χ4n) is 2.35. The molecule has 0 radical (unpaired) electrons. The van der Waals surface area contributed by atoms with Crippen molar-refractivity contribution in [3.63, 3.8) is 0 Å². The summed E-state index contributed by atoms with van der Waals surface area (Å²) in [6.45, 7) is 3.70. The van der Waals surface area contributed by atoms with Gasteiger partial charge >= 0.3 is 0 Å². The van der Waals surface area contributed by atoms with Gasteiger partial charge in [-0.1, -0.05) is 11.3 Å². The summed E-state index contributed by atoms with van der Waals surface area (Å²) in [6.07, 6.45) is 0. The maximum Gasteiger partial charge on any atom is 0.261 e. The molecular formula is C15H16N4O2S. The van der Waals surface area contributed by atoms with Crippen LogP contribution in [0.1, 0.15) is 21.7 Å². The van der Waals surface area contributed by atoms with Crippen molar-refractivity contribution in [2.45, 2.75) is 13.8 Å². The van der Waals surface area contributed by atoms with E-state index in [1.165, 1.54) is 11.3 Å². The van der Waals surface area contributed by atoms with Gasteiger partial charge in [-0.05, 0) is 32.0 Å². The topological polar surface area (TPSA) is 69.0 Å². The molecule has 3 rings (SSSR count). The van der Waals surface area contributed by atoms with E-state index in [1.54, 1.807) is 11.8 Å². The number of rotatable bonds is 3. The lowest BCUT2D eigenvalue weighted by molar-refractivity contribution is 0.102. The predicted octanol–water partition coefficient (Wildman–Crippen LogP) is 2.91. The van der Waals surface area contributed by atoms with E-state index in [-0.39, 0.29) is 5.91 Å². The summed E-state index contributed by atoms with van der Waals surface area (Å²) in [5.74, 6) is 0.585. The Morgan fingerprint density at radius 2 is 2.14 bits per heavy atom. The van der Waals surface area contributed by atoms with Gasteiger partial charge in [0.15, 0.2) is 5.13 Å². The van der Waals surface area contributed by atoms with Crippen LogP contribution in [0.4, 0.5) is 5.13 Å². The zero-order chi connectivity index (χ0) is 15.9. The number of amides is 1. The van der Waals surface area contributed by atoms with Crippen LogP contribution in [-0.2, 0) is 7.05 Å². The van der Waals surface area contributed by atoms with Gasteiger partial charge in [0.05, 0.1) is 28.6 Å². The number of hydrogen-bond donors (Lipinski definition) is 1. The quantitative estimate of drug-likeness (QED) is 0.806. The Bertz CT molecular complexity index is 866. The summed E-state index contributed by atoms with van der Waals surface area (Å²) in [4.78, 5) is 16.9. The van der Waals surface area contributed by atoms with Crippen LogP contribution in [0.25, 0.3) is 10.2 Å². The van der Waals surface area contributed by atoms with Crippen molar-refractivity contribution in [3.8, 4) is 5.75 Å². The smallest absolute Gasteiger partial charge is 0.261 e. The Morgan fingerprint density at radius 1 is 1.36 bits per heavy atom. The molecule has 1 N–H and O–H groups in total. The molecule has 114 valence electrons. The minimum Gasteiger partial charge on any atom is -0.497 e. The number of nitrogens with zero attached hydrogens (tertiary/aromatic N) is 3. The van der Waals surface area contributed by atoms with Gasteiger partial charge in [-0.15, -0.1) is 0 Å². The molecule has 0 aliphatic heterocycles. The van der Waals surface area contributed by atoms with Gasteiger partial charge < -0.3 is 4.74 Å². The number of aromatic nitrogens is 3. The number of nitrogens with one attached hydrogen (secondary N) is 1. The highest BCUT2D eigenvalue weighted by molar-refractivity contribution is 7.22.